The van der Waals surface area contributed by atoms with Gasteiger partial charge in [-0.25, -0.2) is 4.79 Å². The van der Waals surface area contributed by atoms with Crippen molar-refractivity contribution in [3.63, 3.8) is 0 Å². The Hall–Kier alpha value is -3.17. The van der Waals surface area contributed by atoms with Crippen LogP contribution in [0.4, 0.5) is 17.1 Å². The summed E-state index contributed by atoms with van der Waals surface area (Å²) in [6.07, 6.45) is 0. The number of ether oxygens (including phenoxy) is 1. The molecule has 2 aromatic rings. The molecule has 0 aliphatic carbocycles. The van der Waals surface area contributed by atoms with E-state index in [2.05, 4.69) is 15.1 Å². The largest absolute Gasteiger partial charge is 0.465 e. The Morgan fingerprint density at radius 3 is 2.40 bits per heavy atom. The van der Waals surface area contributed by atoms with Crippen molar-refractivity contribution >= 4 is 40.5 Å². The first kappa shape index (κ1) is 21.5. The quantitative estimate of drug-likeness (QED) is 0.439. The van der Waals surface area contributed by atoms with E-state index in [1.54, 1.807) is 18.2 Å². The predicted molar refractivity (Wildman–Crippen MR) is 114 cm³/mol. The fourth-order valence-corrected chi connectivity index (χ4v) is 3.38. The highest BCUT2D eigenvalue weighted by atomic mass is 35.5. The van der Waals surface area contributed by atoms with Gasteiger partial charge < -0.3 is 19.9 Å². The zero-order valence-corrected chi connectivity index (χ0v) is 17.3. The first-order chi connectivity index (χ1) is 14.3. The monoisotopic (exact) mass is 432 g/mol. The van der Waals surface area contributed by atoms with Gasteiger partial charge in [-0.15, -0.1) is 0 Å². The Balaban J connectivity index is 1.94. The van der Waals surface area contributed by atoms with Crippen molar-refractivity contribution in [2.75, 3.05) is 50.6 Å². The van der Waals surface area contributed by atoms with Crippen LogP contribution in [0, 0.1) is 10.1 Å². The van der Waals surface area contributed by atoms with Gasteiger partial charge in [0.2, 0.25) is 0 Å². The standard InChI is InChI=1S/C20H21ClN4O5/c1-23-7-9-24(10-8-23)17-6-4-14(20(27)30-2)11-16(17)22-19(26)13-3-5-15(21)18(12-13)25(28)29/h3-6,11-12H,7-10H2,1-2H3,(H,22,26). The molecule has 0 bridgehead atoms. The summed E-state index contributed by atoms with van der Waals surface area (Å²) in [7, 11) is 3.32. The average molecular weight is 433 g/mol. The fraction of sp³-hybridized carbons (Fsp3) is 0.300. The Morgan fingerprint density at radius 1 is 1.10 bits per heavy atom. The van der Waals surface area contributed by atoms with Crippen LogP contribution in [0.2, 0.25) is 5.02 Å². The second kappa shape index (κ2) is 9.10. The van der Waals surface area contributed by atoms with Gasteiger partial charge in [0.15, 0.2) is 0 Å². The highest BCUT2D eigenvalue weighted by Gasteiger charge is 2.21. The van der Waals surface area contributed by atoms with Gasteiger partial charge in [0.1, 0.15) is 5.02 Å². The van der Waals surface area contributed by atoms with Gasteiger partial charge in [-0.3, -0.25) is 14.9 Å². The van der Waals surface area contributed by atoms with Crippen molar-refractivity contribution in [3.8, 4) is 0 Å². The van der Waals surface area contributed by atoms with Crippen LogP contribution in [-0.2, 0) is 4.74 Å². The maximum atomic E-state index is 12.8. The van der Waals surface area contributed by atoms with E-state index in [-0.39, 0.29) is 21.8 Å². The Kier molecular flexibility index (Phi) is 6.53. The number of carbonyl (C=O) groups is 2. The number of anilines is 2. The lowest BCUT2D eigenvalue weighted by Gasteiger charge is -2.35. The molecule has 1 aliphatic heterocycles. The van der Waals surface area contributed by atoms with Crippen molar-refractivity contribution in [1.82, 2.24) is 4.90 Å². The van der Waals surface area contributed by atoms with Gasteiger partial charge in [-0.05, 0) is 37.4 Å². The molecule has 0 unspecified atom stereocenters. The van der Waals surface area contributed by atoms with Crippen LogP contribution in [-0.4, -0.2) is 62.0 Å². The third-order valence-corrected chi connectivity index (χ3v) is 5.23. The summed E-state index contributed by atoms with van der Waals surface area (Å²) in [6.45, 7) is 3.22. The summed E-state index contributed by atoms with van der Waals surface area (Å²) in [5.74, 6) is -1.08. The maximum absolute atomic E-state index is 12.8. The number of likely N-dealkylation sites (N-methyl/N-ethyl adjacent to an activating group) is 1. The molecule has 3 rings (SSSR count). The predicted octanol–water partition coefficient (Wildman–Crippen LogP) is 3.04. The molecule has 0 aromatic heterocycles. The van der Waals surface area contributed by atoms with Crippen LogP contribution in [0.5, 0.6) is 0 Å². The van der Waals surface area contributed by atoms with Crippen LogP contribution in [0.1, 0.15) is 20.7 Å². The molecule has 1 heterocycles. The first-order valence-electron chi connectivity index (χ1n) is 9.21. The number of hydrogen-bond acceptors (Lipinski definition) is 7. The molecule has 0 saturated carbocycles. The van der Waals surface area contributed by atoms with Crippen molar-refractivity contribution in [2.24, 2.45) is 0 Å². The Bertz CT molecular complexity index is 989. The molecule has 0 spiro atoms. The van der Waals surface area contributed by atoms with Gasteiger partial charge in [0, 0.05) is 37.8 Å². The number of piperazine rings is 1. The Morgan fingerprint density at radius 2 is 1.77 bits per heavy atom. The maximum Gasteiger partial charge on any atom is 0.337 e. The average Bonchev–Trinajstić information content (AvgIpc) is 2.74. The summed E-state index contributed by atoms with van der Waals surface area (Å²) in [5, 5.41) is 13.8. The number of benzene rings is 2. The van der Waals surface area contributed by atoms with Gasteiger partial charge in [-0.2, -0.15) is 0 Å². The number of nitrogens with zero attached hydrogens (tertiary/aromatic N) is 3. The number of carbonyl (C=O) groups excluding carboxylic acids is 2. The van der Waals surface area contributed by atoms with Crippen molar-refractivity contribution in [2.45, 2.75) is 0 Å². The minimum atomic E-state index is -0.646. The third kappa shape index (κ3) is 4.69. The molecule has 1 saturated heterocycles. The third-order valence-electron chi connectivity index (χ3n) is 4.91. The molecule has 1 amide bonds. The molecule has 1 aliphatic rings. The molecule has 1 N–H and O–H groups in total. The van der Waals surface area contributed by atoms with Crippen molar-refractivity contribution in [1.29, 1.82) is 0 Å². The smallest absolute Gasteiger partial charge is 0.337 e. The number of nitrogens with one attached hydrogen (secondary N) is 1. The van der Waals surface area contributed by atoms with E-state index in [1.807, 2.05) is 7.05 Å². The molecular formula is C20H21ClN4O5. The summed E-state index contributed by atoms with van der Waals surface area (Å²) in [6, 6.07) is 8.78. The van der Waals surface area contributed by atoms with E-state index in [1.165, 1.54) is 19.2 Å². The molecule has 158 valence electrons. The minimum absolute atomic E-state index is 0.0534. The highest BCUT2D eigenvalue weighted by Crippen LogP contribution is 2.30. The first-order valence-corrected chi connectivity index (χ1v) is 9.59. The zero-order chi connectivity index (χ0) is 21.8. The topological polar surface area (TPSA) is 105 Å². The molecule has 10 heteroatoms. The zero-order valence-electron chi connectivity index (χ0n) is 16.6. The molecule has 0 radical (unpaired) electrons. The van der Waals surface area contributed by atoms with Crippen LogP contribution in [0.3, 0.4) is 0 Å². The number of amides is 1. The molecule has 30 heavy (non-hydrogen) atoms. The number of esters is 1. The number of methoxy groups -OCH3 is 1. The lowest BCUT2D eigenvalue weighted by atomic mass is 10.1. The van der Waals surface area contributed by atoms with Gasteiger partial charge in [0.05, 0.1) is 29.0 Å². The van der Waals surface area contributed by atoms with E-state index in [0.717, 1.165) is 37.9 Å². The van der Waals surface area contributed by atoms with E-state index >= 15 is 0 Å². The number of nitro groups is 1. The summed E-state index contributed by atoms with van der Waals surface area (Å²) in [4.78, 5) is 39.6. The second-order valence-electron chi connectivity index (χ2n) is 6.89. The van der Waals surface area contributed by atoms with Gasteiger partial charge in [0.25, 0.3) is 11.6 Å². The van der Waals surface area contributed by atoms with E-state index in [4.69, 9.17) is 16.3 Å². The van der Waals surface area contributed by atoms with Crippen LogP contribution >= 0.6 is 11.6 Å². The number of nitro benzene ring substituents is 1. The minimum Gasteiger partial charge on any atom is -0.465 e. The van der Waals surface area contributed by atoms with Crippen molar-refractivity contribution < 1.29 is 19.2 Å². The van der Waals surface area contributed by atoms with Crippen LogP contribution in [0.25, 0.3) is 0 Å². The molecular weight excluding hydrogens is 412 g/mol. The summed E-state index contributed by atoms with van der Waals surface area (Å²) in [5.41, 5.74) is 1.19. The molecule has 1 fully saturated rings. The van der Waals surface area contributed by atoms with Gasteiger partial charge >= 0.3 is 5.97 Å². The van der Waals surface area contributed by atoms with E-state index < -0.39 is 16.8 Å². The number of rotatable bonds is 5. The van der Waals surface area contributed by atoms with Crippen LogP contribution < -0.4 is 10.2 Å². The van der Waals surface area contributed by atoms with Gasteiger partial charge in [-0.1, -0.05) is 11.6 Å². The molecule has 2 aromatic carbocycles. The normalized spacial score (nSPS) is 14.3. The SMILES string of the molecule is COC(=O)c1ccc(N2CCN(C)CC2)c(NC(=O)c2ccc(Cl)c([N+](=O)[O-])c2)c1. The molecule has 9 nitrogen and oxygen atoms in total. The highest BCUT2D eigenvalue weighted by molar-refractivity contribution is 6.32. The van der Waals surface area contributed by atoms with E-state index in [9.17, 15) is 19.7 Å². The second-order valence-corrected chi connectivity index (χ2v) is 7.30. The number of hydrogen-bond donors (Lipinski definition) is 1. The van der Waals surface area contributed by atoms with Crippen LogP contribution in [0.15, 0.2) is 36.4 Å². The van der Waals surface area contributed by atoms with Crippen molar-refractivity contribution in [3.05, 3.63) is 62.7 Å². The lowest BCUT2D eigenvalue weighted by molar-refractivity contribution is -0.384. The summed E-state index contributed by atoms with van der Waals surface area (Å²) < 4.78 is 4.77. The van der Waals surface area contributed by atoms with E-state index in [0.29, 0.717) is 5.69 Å². The fourth-order valence-electron chi connectivity index (χ4n) is 3.19. The number of halogens is 1. The molecule has 0 atom stereocenters. The Labute approximate surface area is 178 Å². The lowest BCUT2D eigenvalue weighted by Crippen LogP contribution is -2.44. The summed E-state index contributed by atoms with van der Waals surface area (Å²) >= 11 is 5.83.